The number of hydrogen-bond acceptors (Lipinski definition) is 4. The van der Waals surface area contributed by atoms with E-state index in [1.54, 1.807) is 0 Å². The highest BCUT2D eigenvalue weighted by atomic mass is 16.5. The van der Waals surface area contributed by atoms with Gasteiger partial charge in [0.05, 0.1) is 0 Å². The molecule has 1 heterocycles. The van der Waals surface area contributed by atoms with Crippen molar-refractivity contribution in [1.82, 2.24) is 4.98 Å². The molecule has 1 rings (SSSR count). The second-order valence-electron chi connectivity index (χ2n) is 2.17. The fourth-order valence-electron chi connectivity index (χ4n) is 0.707. The van der Waals surface area contributed by atoms with E-state index in [4.69, 9.17) is 15.1 Å². The predicted octanol–water partition coefficient (Wildman–Crippen LogP) is 0.417. The van der Waals surface area contributed by atoms with Gasteiger partial charge in [0.15, 0.2) is 6.61 Å². The van der Waals surface area contributed by atoms with Crippen LogP contribution in [0.25, 0.3) is 0 Å². The fraction of sp³-hybridized carbons (Fsp3) is 0.125. The van der Waals surface area contributed by atoms with Crippen LogP contribution < -0.4 is 4.74 Å². The Labute approximate surface area is 74.2 Å². The highest BCUT2D eigenvalue weighted by molar-refractivity contribution is 5.68. The third kappa shape index (κ3) is 2.79. The normalized spacial score (nSPS) is 8.85. The molecule has 0 radical (unpaired) electrons. The third-order valence-electron chi connectivity index (χ3n) is 1.21. The van der Waals surface area contributed by atoms with E-state index < -0.39 is 12.6 Å². The average Bonchev–Trinajstić information content (AvgIpc) is 2.15. The van der Waals surface area contributed by atoms with E-state index in [2.05, 4.69) is 4.98 Å². The summed E-state index contributed by atoms with van der Waals surface area (Å²) in [7, 11) is 0. The van der Waals surface area contributed by atoms with E-state index in [0.29, 0.717) is 5.75 Å². The summed E-state index contributed by atoms with van der Waals surface area (Å²) < 4.78 is 4.82. The van der Waals surface area contributed by atoms with Gasteiger partial charge in [0, 0.05) is 12.3 Å². The van der Waals surface area contributed by atoms with Gasteiger partial charge in [-0.2, -0.15) is 5.26 Å². The number of carboxylic acid groups (broad SMARTS) is 1. The highest BCUT2D eigenvalue weighted by Crippen LogP contribution is 2.09. The SMILES string of the molecule is N#Cc1cc(OCC(=O)O)ccn1. The number of ether oxygens (including phenoxy) is 1. The van der Waals surface area contributed by atoms with Crippen molar-refractivity contribution < 1.29 is 14.6 Å². The maximum absolute atomic E-state index is 10.1. The molecule has 13 heavy (non-hydrogen) atoms. The molecule has 0 amide bonds. The van der Waals surface area contributed by atoms with Gasteiger partial charge in [-0.05, 0) is 6.07 Å². The molecular formula is C8H6N2O3. The summed E-state index contributed by atoms with van der Waals surface area (Å²) in [6.45, 7) is -0.422. The van der Waals surface area contributed by atoms with E-state index in [9.17, 15) is 4.79 Å². The summed E-state index contributed by atoms with van der Waals surface area (Å²) in [5.41, 5.74) is 0.197. The molecule has 0 saturated heterocycles. The molecule has 0 bridgehead atoms. The van der Waals surface area contributed by atoms with Crippen molar-refractivity contribution in [2.45, 2.75) is 0 Å². The minimum absolute atomic E-state index is 0.197. The molecule has 66 valence electrons. The van der Waals surface area contributed by atoms with Crippen molar-refractivity contribution in [3.63, 3.8) is 0 Å². The Kier molecular flexibility index (Phi) is 2.82. The van der Waals surface area contributed by atoms with Crippen LogP contribution in [0.1, 0.15) is 5.69 Å². The second kappa shape index (κ2) is 4.07. The van der Waals surface area contributed by atoms with Crippen LogP contribution in [0.3, 0.4) is 0 Å². The van der Waals surface area contributed by atoms with Gasteiger partial charge >= 0.3 is 5.97 Å². The zero-order chi connectivity index (χ0) is 9.68. The molecule has 0 fully saturated rings. The quantitative estimate of drug-likeness (QED) is 0.724. The van der Waals surface area contributed by atoms with Gasteiger partial charge in [-0.15, -0.1) is 0 Å². The summed E-state index contributed by atoms with van der Waals surface area (Å²) in [6, 6.07) is 4.68. The number of aromatic nitrogens is 1. The van der Waals surface area contributed by atoms with Crippen LogP contribution in [0.4, 0.5) is 0 Å². The van der Waals surface area contributed by atoms with E-state index in [1.165, 1.54) is 18.3 Å². The first-order chi connectivity index (χ1) is 6.22. The van der Waals surface area contributed by atoms with E-state index in [1.807, 2.05) is 6.07 Å². The van der Waals surface area contributed by atoms with Gasteiger partial charge in [0.2, 0.25) is 0 Å². The molecule has 0 aliphatic rings. The van der Waals surface area contributed by atoms with Gasteiger partial charge in [-0.1, -0.05) is 0 Å². The summed E-state index contributed by atoms with van der Waals surface area (Å²) in [5, 5.41) is 16.8. The number of aliphatic carboxylic acids is 1. The van der Waals surface area contributed by atoms with Crippen molar-refractivity contribution in [2.75, 3.05) is 6.61 Å². The Hall–Kier alpha value is -2.09. The molecule has 0 atom stereocenters. The Balaban J connectivity index is 2.68. The van der Waals surface area contributed by atoms with Gasteiger partial charge in [-0.25, -0.2) is 9.78 Å². The van der Waals surface area contributed by atoms with Crippen molar-refractivity contribution in [1.29, 1.82) is 5.26 Å². The number of hydrogen-bond donors (Lipinski definition) is 1. The number of rotatable bonds is 3. The Morgan fingerprint density at radius 1 is 1.77 bits per heavy atom. The fourth-order valence-corrected chi connectivity index (χ4v) is 0.707. The number of pyridine rings is 1. The molecular weight excluding hydrogens is 172 g/mol. The molecule has 5 nitrogen and oxygen atoms in total. The van der Waals surface area contributed by atoms with Gasteiger partial charge < -0.3 is 9.84 Å². The van der Waals surface area contributed by atoms with Crippen LogP contribution in [0.15, 0.2) is 18.3 Å². The van der Waals surface area contributed by atoms with Crippen molar-refractivity contribution >= 4 is 5.97 Å². The standard InChI is InChI=1S/C8H6N2O3/c9-4-6-3-7(1-2-10-6)13-5-8(11)12/h1-3H,5H2,(H,11,12). The highest BCUT2D eigenvalue weighted by Gasteiger charge is 2.00. The summed E-state index contributed by atoms with van der Waals surface area (Å²) >= 11 is 0. The molecule has 1 aromatic rings. The topological polar surface area (TPSA) is 83.2 Å². The van der Waals surface area contributed by atoms with E-state index in [-0.39, 0.29) is 5.69 Å². The van der Waals surface area contributed by atoms with Crippen LogP contribution in [0.5, 0.6) is 5.75 Å². The first kappa shape index (κ1) is 9.00. The lowest BCUT2D eigenvalue weighted by atomic mass is 10.3. The molecule has 1 aromatic heterocycles. The van der Waals surface area contributed by atoms with E-state index >= 15 is 0 Å². The smallest absolute Gasteiger partial charge is 0.341 e. The number of nitrogens with zero attached hydrogens (tertiary/aromatic N) is 2. The number of nitriles is 1. The molecule has 0 saturated carbocycles. The van der Waals surface area contributed by atoms with Crippen LogP contribution >= 0.6 is 0 Å². The zero-order valence-corrected chi connectivity index (χ0v) is 6.60. The molecule has 5 heteroatoms. The minimum Gasteiger partial charge on any atom is -0.482 e. The number of carbonyl (C=O) groups is 1. The minimum atomic E-state index is -1.06. The van der Waals surface area contributed by atoms with Crippen LogP contribution in [-0.2, 0) is 4.79 Å². The second-order valence-corrected chi connectivity index (χ2v) is 2.17. The van der Waals surface area contributed by atoms with E-state index in [0.717, 1.165) is 0 Å². The van der Waals surface area contributed by atoms with Crippen molar-refractivity contribution in [3.05, 3.63) is 24.0 Å². The van der Waals surface area contributed by atoms with Crippen molar-refractivity contribution in [2.24, 2.45) is 0 Å². The van der Waals surface area contributed by atoms with Crippen LogP contribution in [0, 0.1) is 11.3 Å². The molecule has 0 aliphatic heterocycles. The first-order valence-corrected chi connectivity index (χ1v) is 3.43. The van der Waals surface area contributed by atoms with Gasteiger partial charge in [0.1, 0.15) is 17.5 Å². The third-order valence-corrected chi connectivity index (χ3v) is 1.21. The Morgan fingerprint density at radius 3 is 3.15 bits per heavy atom. The lowest BCUT2D eigenvalue weighted by molar-refractivity contribution is -0.139. The van der Waals surface area contributed by atoms with Crippen LogP contribution in [0.2, 0.25) is 0 Å². The lowest BCUT2D eigenvalue weighted by Crippen LogP contribution is -2.09. The number of carboxylic acids is 1. The van der Waals surface area contributed by atoms with Crippen molar-refractivity contribution in [3.8, 4) is 11.8 Å². The average molecular weight is 178 g/mol. The lowest BCUT2D eigenvalue weighted by Gasteiger charge is -2.01. The largest absolute Gasteiger partial charge is 0.482 e. The molecule has 0 unspecified atom stereocenters. The van der Waals surface area contributed by atoms with Crippen LogP contribution in [-0.4, -0.2) is 22.7 Å². The maximum Gasteiger partial charge on any atom is 0.341 e. The molecule has 0 spiro atoms. The molecule has 0 aromatic carbocycles. The first-order valence-electron chi connectivity index (χ1n) is 3.43. The summed E-state index contributed by atoms with van der Waals surface area (Å²) in [6.07, 6.45) is 1.38. The maximum atomic E-state index is 10.1. The molecule has 0 aliphatic carbocycles. The Bertz CT molecular complexity index is 357. The Morgan fingerprint density at radius 2 is 2.54 bits per heavy atom. The summed E-state index contributed by atoms with van der Waals surface area (Å²) in [4.78, 5) is 13.8. The molecule has 1 N–H and O–H groups in total. The summed E-state index contributed by atoms with van der Waals surface area (Å²) in [5.74, 6) is -0.732. The predicted molar refractivity (Wildman–Crippen MR) is 42.1 cm³/mol. The van der Waals surface area contributed by atoms with Gasteiger partial charge in [-0.3, -0.25) is 0 Å². The monoisotopic (exact) mass is 178 g/mol. The van der Waals surface area contributed by atoms with Gasteiger partial charge in [0.25, 0.3) is 0 Å². The zero-order valence-electron chi connectivity index (χ0n) is 6.60.